The van der Waals surface area contributed by atoms with Crippen LogP contribution in [-0.2, 0) is 13.1 Å². The Bertz CT molecular complexity index is 435. The van der Waals surface area contributed by atoms with E-state index in [4.69, 9.17) is 10.5 Å². The maximum Gasteiger partial charge on any atom is 0.401 e. The number of rotatable bonds is 2. The van der Waals surface area contributed by atoms with Gasteiger partial charge in [-0.1, -0.05) is 0 Å². The molecule has 17 heavy (non-hydrogen) atoms. The van der Waals surface area contributed by atoms with Crippen molar-refractivity contribution < 1.29 is 17.9 Å². The van der Waals surface area contributed by atoms with E-state index >= 15 is 0 Å². The van der Waals surface area contributed by atoms with E-state index in [9.17, 15) is 13.2 Å². The first kappa shape index (κ1) is 11.9. The third-order valence-electron chi connectivity index (χ3n) is 2.42. The van der Waals surface area contributed by atoms with Gasteiger partial charge >= 0.3 is 6.18 Å². The lowest BCUT2D eigenvalue weighted by Gasteiger charge is -2.16. The van der Waals surface area contributed by atoms with Gasteiger partial charge in [0.2, 0.25) is 11.8 Å². The van der Waals surface area contributed by atoms with Gasteiger partial charge in [-0.15, -0.1) is 0 Å². The fraction of sp³-hybridized carbons (Fsp3) is 0.556. The molecule has 0 amide bonds. The molecule has 2 N–H and O–H groups in total. The minimum Gasteiger partial charge on any atom is -0.481 e. The van der Waals surface area contributed by atoms with Gasteiger partial charge in [0, 0.05) is 13.1 Å². The number of alkyl halides is 3. The number of methoxy groups -OCH3 is 1. The summed E-state index contributed by atoms with van der Waals surface area (Å²) in [6, 6.07) is 0. The zero-order valence-electron chi connectivity index (χ0n) is 9.08. The highest BCUT2D eigenvalue weighted by atomic mass is 19.4. The Kier molecular flexibility index (Phi) is 2.82. The number of hydrogen-bond acceptors (Lipinski definition) is 5. The molecule has 0 spiro atoms. The summed E-state index contributed by atoms with van der Waals surface area (Å²) in [6.45, 7) is -0.747. The summed E-state index contributed by atoms with van der Waals surface area (Å²) in [4.78, 5) is 8.97. The molecule has 0 radical (unpaired) electrons. The zero-order chi connectivity index (χ0) is 12.6. The molecule has 1 aliphatic rings. The Morgan fingerprint density at radius 2 is 2.06 bits per heavy atom. The highest BCUT2D eigenvalue weighted by Crippen LogP contribution is 2.30. The predicted molar refractivity (Wildman–Crippen MR) is 53.2 cm³/mol. The Hall–Kier alpha value is -1.57. The molecular formula is C9H11F3N4O. The lowest BCUT2D eigenvalue weighted by atomic mass is 10.2. The molecule has 0 unspecified atom stereocenters. The molecule has 0 bridgehead atoms. The van der Waals surface area contributed by atoms with Crippen LogP contribution < -0.4 is 10.5 Å². The third-order valence-corrected chi connectivity index (χ3v) is 2.42. The fourth-order valence-electron chi connectivity index (χ4n) is 1.84. The van der Waals surface area contributed by atoms with E-state index in [0.717, 1.165) is 0 Å². The maximum absolute atomic E-state index is 12.3. The number of fused-ring (bicyclic) bond motifs is 1. The molecule has 0 saturated heterocycles. The van der Waals surface area contributed by atoms with Crippen molar-refractivity contribution in [1.29, 1.82) is 0 Å². The molecule has 2 rings (SSSR count). The Morgan fingerprint density at radius 3 is 2.65 bits per heavy atom. The van der Waals surface area contributed by atoms with Gasteiger partial charge in [0.25, 0.3) is 0 Å². The molecule has 0 aromatic carbocycles. The first-order valence-corrected chi connectivity index (χ1v) is 4.87. The van der Waals surface area contributed by atoms with Crippen molar-refractivity contribution in [2.24, 2.45) is 0 Å². The summed E-state index contributed by atoms with van der Waals surface area (Å²) in [5, 5.41) is 0. The highest BCUT2D eigenvalue weighted by molar-refractivity contribution is 5.38. The van der Waals surface area contributed by atoms with E-state index in [-0.39, 0.29) is 24.9 Å². The largest absolute Gasteiger partial charge is 0.481 e. The smallest absolute Gasteiger partial charge is 0.401 e. The summed E-state index contributed by atoms with van der Waals surface area (Å²) in [5.74, 6) is 0.256. The SMILES string of the molecule is COc1nc(N)nc2c1CN(CC(F)(F)F)C2. The van der Waals surface area contributed by atoms with Crippen LogP contribution in [-0.4, -0.2) is 34.7 Å². The standard InChI is InChI=1S/C9H11F3N4O/c1-17-7-5-2-16(4-9(10,11)12)3-6(5)14-8(13)15-7/h2-4H2,1H3,(H2,13,14,15). The second-order valence-corrected chi connectivity index (χ2v) is 3.78. The van der Waals surface area contributed by atoms with E-state index in [2.05, 4.69) is 9.97 Å². The number of ether oxygens (including phenoxy) is 1. The number of halogens is 3. The summed E-state index contributed by atoms with van der Waals surface area (Å²) >= 11 is 0. The van der Waals surface area contributed by atoms with Crippen LogP contribution in [0.5, 0.6) is 5.88 Å². The Balaban J connectivity index is 2.21. The van der Waals surface area contributed by atoms with Gasteiger partial charge in [-0.25, -0.2) is 4.98 Å². The molecule has 1 aliphatic heterocycles. The van der Waals surface area contributed by atoms with Crippen LogP contribution in [0.25, 0.3) is 0 Å². The predicted octanol–water partition coefficient (Wildman–Crippen LogP) is 0.945. The zero-order valence-corrected chi connectivity index (χ0v) is 9.08. The lowest BCUT2D eigenvalue weighted by Crippen LogP contribution is -2.30. The van der Waals surface area contributed by atoms with Crippen LogP contribution >= 0.6 is 0 Å². The number of aromatic nitrogens is 2. The van der Waals surface area contributed by atoms with Crippen molar-refractivity contribution in [2.45, 2.75) is 19.3 Å². The normalized spacial score (nSPS) is 16.0. The monoisotopic (exact) mass is 248 g/mol. The van der Waals surface area contributed by atoms with Crippen molar-refractivity contribution in [1.82, 2.24) is 14.9 Å². The van der Waals surface area contributed by atoms with Crippen LogP contribution in [0.4, 0.5) is 19.1 Å². The number of nitrogen functional groups attached to an aromatic ring is 1. The average Bonchev–Trinajstić information content (AvgIpc) is 2.55. The number of nitrogens with two attached hydrogens (primary N) is 1. The van der Waals surface area contributed by atoms with Crippen LogP contribution in [0.1, 0.15) is 11.3 Å². The van der Waals surface area contributed by atoms with Gasteiger partial charge in [-0.3, -0.25) is 4.90 Å². The Morgan fingerprint density at radius 1 is 1.35 bits per heavy atom. The first-order chi connectivity index (χ1) is 7.89. The van der Waals surface area contributed by atoms with E-state index < -0.39 is 12.7 Å². The molecule has 0 fully saturated rings. The molecule has 0 aliphatic carbocycles. The van der Waals surface area contributed by atoms with E-state index in [1.165, 1.54) is 12.0 Å². The first-order valence-electron chi connectivity index (χ1n) is 4.87. The molecule has 1 aromatic heterocycles. The van der Waals surface area contributed by atoms with E-state index in [0.29, 0.717) is 11.3 Å². The molecule has 8 heteroatoms. The second kappa shape index (κ2) is 4.02. The molecule has 94 valence electrons. The summed E-state index contributed by atoms with van der Waals surface area (Å²) < 4.78 is 41.8. The minimum absolute atomic E-state index is 0.00876. The molecule has 5 nitrogen and oxygen atoms in total. The topological polar surface area (TPSA) is 64.3 Å². The summed E-state index contributed by atoms with van der Waals surface area (Å²) in [7, 11) is 1.40. The van der Waals surface area contributed by atoms with Crippen molar-refractivity contribution >= 4 is 5.95 Å². The quantitative estimate of drug-likeness (QED) is 0.844. The van der Waals surface area contributed by atoms with Crippen LogP contribution in [0, 0.1) is 0 Å². The van der Waals surface area contributed by atoms with Crippen LogP contribution in [0.2, 0.25) is 0 Å². The number of nitrogens with zero attached hydrogens (tertiary/aromatic N) is 3. The van der Waals surface area contributed by atoms with Gasteiger partial charge in [0.1, 0.15) is 0 Å². The van der Waals surface area contributed by atoms with Gasteiger partial charge < -0.3 is 10.5 Å². The van der Waals surface area contributed by atoms with Crippen LogP contribution in [0.15, 0.2) is 0 Å². The minimum atomic E-state index is -4.23. The van der Waals surface area contributed by atoms with E-state index in [1.807, 2.05) is 0 Å². The Labute approximate surface area is 95.4 Å². The highest BCUT2D eigenvalue weighted by Gasteiger charge is 2.35. The van der Waals surface area contributed by atoms with Crippen molar-refractivity contribution in [3.63, 3.8) is 0 Å². The lowest BCUT2D eigenvalue weighted by molar-refractivity contribution is -0.147. The average molecular weight is 248 g/mol. The molecule has 0 atom stereocenters. The summed E-state index contributed by atoms with van der Waals surface area (Å²) in [5.41, 5.74) is 6.51. The van der Waals surface area contributed by atoms with Crippen molar-refractivity contribution in [3.05, 3.63) is 11.3 Å². The molecule has 1 aromatic rings. The van der Waals surface area contributed by atoms with Gasteiger partial charge in [-0.05, 0) is 0 Å². The fourth-order valence-corrected chi connectivity index (χ4v) is 1.84. The van der Waals surface area contributed by atoms with Crippen molar-refractivity contribution in [3.8, 4) is 5.88 Å². The number of hydrogen-bond donors (Lipinski definition) is 1. The second-order valence-electron chi connectivity index (χ2n) is 3.78. The van der Waals surface area contributed by atoms with Crippen LogP contribution in [0.3, 0.4) is 0 Å². The molecule has 0 saturated carbocycles. The molecular weight excluding hydrogens is 237 g/mol. The van der Waals surface area contributed by atoms with E-state index in [1.54, 1.807) is 0 Å². The number of anilines is 1. The van der Waals surface area contributed by atoms with Gasteiger partial charge in [0.15, 0.2) is 0 Å². The van der Waals surface area contributed by atoms with Gasteiger partial charge in [0.05, 0.1) is 24.9 Å². The third kappa shape index (κ3) is 2.57. The maximum atomic E-state index is 12.3. The van der Waals surface area contributed by atoms with Gasteiger partial charge in [-0.2, -0.15) is 18.2 Å². The molecule has 2 heterocycles. The van der Waals surface area contributed by atoms with Crippen molar-refractivity contribution in [2.75, 3.05) is 19.4 Å². The summed E-state index contributed by atoms with van der Waals surface area (Å²) in [6.07, 6.45) is -4.23.